The van der Waals surface area contributed by atoms with Crippen LogP contribution in [0.1, 0.15) is 46.1 Å². The molecule has 4 aromatic rings. The molecule has 6 nitrogen and oxygen atoms in total. The van der Waals surface area contributed by atoms with Gasteiger partial charge in [-0.15, -0.1) is 0 Å². The standard InChI is InChI=1S/C26H20N2O4/c1-17(29)19-3-7-21(8-4-19)25-13-11-23(31-25)15-27-28-16-24-12-14-26(32-24)22-9-5-20(6-10-22)18(2)30/h3-16H,1-2H3. The van der Waals surface area contributed by atoms with E-state index in [1.54, 1.807) is 36.4 Å². The Kier molecular flexibility index (Phi) is 6.03. The topological polar surface area (TPSA) is 85.1 Å². The van der Waals surface area contributed by atoms with Crippen LogP contribution in [0.25, 0.3) is 22.6 Å². The minimum atomic E-state index is 0.0243. The van der Waals surface area contributed by atoms with Crippen molar-refractivity contribution >= 4 is 24.0 Å². The molecule has 0 aliphatic heterocycles. The predicted molar refractivity (Wildman–Crippen MR) is 123 cm³/mol. The third-order valence-electron chi connectivity index (χ3n) is 4.84. The van der Waals surface area contributed by atoms with E-state index in [1.807, 2.05) is 36.4 Å². The summed E-state index contributed by atoms with van der Waals surface area (Å²) in [6.45, 7) is 3.07. The average Bonchev–Trinajstić information content (AvgIpc) is 3.47. The first-order valence-electron chi connectivity index (χ1n) is 9.98. The van der Waals surface area contributed by atoms with Gasteiger partial charge in [0.15, 0.2) is 11.6 Å². The van der Waals surface area contributed by atoms with Crippen molar-refractivity contribution in [3.8, 4) is 22.6 Å². The Morgan fingerprint density at radius 1 is 0.594 bits per heavy atom. The van der Waals surface area contributed by atoms with E-state index in [9.17, 15) is 9.59 Å². The van der Waals surface area contributed by atoms with E-state index in [-0.39, 0.29) is 11.6 Å². The molecule has 0 amide bonds. The Morgan fingerprint density at radius 3 is 1.31 bits per heavy atom. The number of carbonyl (C=O) groups excluding carboxylic acids is 2. The van der Waals surface area contributed by atoms with Gasteiger partial charge in [-0.1, -0.05) is 48.5 Å². The molecule has 0 fully saturated rings. The highest BCUT2D eigenvalue weighted by Crippen LogP contribution is 2.23. The lowest BCUT2D eigenvalue weighted by atomic mass is 10.1. The molecule has 158 valence electrons. The lowest BCUT2D eigenvalue weighted by molar-refractivity contribution is 0.100. The van der Waals surface area contributed by atoms with Gasteiger partial charge in [0.1, 0.15) is 23.0 Å². The first-order chi connectivity index (χ1) is 15.5. The summed E-state index contributed by atoms with van der Waals surface area (Å²) in [5.74, 6) is 2.51. The molecule has 0 aliphatic rings. The second kappa shape index (κ2) is 9.22. The zero-order valence-corrected chi connectivity index (χ0v) is 17.6. The molecule has 0 N–H and O–H groups in total. The average molecular weight is 424 g/mol. The van der Waals surface area contributed by atoms with E-state index in [2.05, 4.69) is 10.2 Å². The smallest absolute Gasteiger partial charge is 0.159 e. The number of hydrogen-bond donors (Lipinski definition) is 0. The van der Waals surface area contributed by atoms with Crippen LogP contribution in [-0.2, 0) is 0 Å². The number of benzene rings is 2. The van der Waals surface area contributed by atoms with Gasteiger partial charge in [0, 0.05) is 22.3 Å². The fraction of sp³-hybridized carbons (Fsp3) is 0.0769. The Bertz CT molecular complexity index is 1200. The van der Waals surface area contributed by atoms with Crippen LogP contribution >= 0.6 is 0 Å². The van der Waals surface area contributed by atoms with Crippen LogP contribution in [0.5, 0.6) is 0 Å². The fourth-order valence-electron chi connectivity index (χ4n) is 3.07. The van der Waals surface area contributed by atoms with E-state index in [1.165, 1.54) is 26.3 Å². The van der Waals surface area contributed by atoms with Gasteiger partial charge in [-0.3, -0.25) is 9.59 Å². The van der Waals surface area contributed by atoms with E-state index < -0.39 is 0 Å². The second-order valence-corrected chi connectivity index (χ2v) is 7.16. The van der Waals surface area contributed by atoms with Crippen molar-refractivity contribution in [2.24, 2.45) is 10.2 Å². The minimum absolute atomic E-state index is 0.0243. The zero-order valence-electron chi connectivity index (χ0n) is 17.6. The maximum Gasteiger partial charge on any atom is 0.159 e. The first-order valence-corrected chi connectivity index (χ1v) is 9.98. The van der Waals surface area contributed by atoms with Crippen LogP contribution in [0.15, 0.2) is 91.8 Å². The molecular weight excluding hydrogens is 404 g/mol. The number of nitrogens with zero attached hydrogens (tertiary/aromatic N) is 2. The third kappa shape index (κ3) is 4.87. The highest BCUT2D eigenvalue weighted by atomic mass is 16.3. The summed E-state index contributed by atoms with van der Waals surface area (Å²) < 4.78 is 11.5. The van der Waals surface area contributed by atoms with Crippen LogP contribution < -0.4 is 0 Å². The molecule has 4 rings (SSSR count). The summed E-state index contributed by atoms with van der Waals surface area (Å²) in [5.41, 5.74) is 3.06. The Hall–Kier alpha value is -4.32. The van der Waals surface area contributed by atoms with Crippen molar-refractivity contribution in [3.05, 3.63) is 95.4 Å². The van der Waals surface area contributed by atoms with Gasteiger partial charge in [-0.2, -0.15) is 10.2 Å². The second-order valence-electron chi connectivity index (χ2n) is 7.16. The molecule has 0 saturated heterocycles. The van der Waals surface area contributed by atoms with Crippen LogP contribution in [0, 0.1) is 0 Å². The van der Waals surface area contributed by atoms with E-state index in [0.717, 1.165) is 11.1 Å². The molecule has 32 heavy (non-hydrogen) atoms. The maximum absolute atomic E-state index is 11.4. The molecule has 6 heteroatoms. The van der Waals surface area contributed by atoms with Crippen LogP contribution in [0.3, 0.4) is 0 Å². The van der Waals surface area contributed by atoms with E-state index >= 15 is 0 Å². The summed E-state index contributed by atoms with van der Waals surface area (Å²) in [6, 6.07) is 21.7. The van der Waals surface area contributed by atoms with E-state index in [4.69, 9.17) is 8.83 Å². The highest BCUT2D eigenvalue weighted by Gasteiger charge is 2.06. The molecule has 0 radical (unpaired) electrons. The van der Waals surface area contributed by atoms with Gasteiger partial charge in [-0.05, 0) is 38.1 Å². The van der Waals surface area contributed by atoms with Gasteiger partial charge in [0.2, 0.25) is 0 Å². The van der Waals surface area contributed by atoms with Gasteiger partial charge in [0.05, 0.1) is 12.4 Å². The number of rotatable bonds is 7. The largest absolute Gasteiger partial charge is 0.455 e. The van der Waals surface area contributed by atoms with Crippen LogP contribution in [0.4, 0.5) is 0 Å². The monoisotopic (exact) mass is 424 g/mol. The predicted octanol–water partition coefficient (Wildman–Crippen LogP) is 6.06. The van der Waals surface area contributed by atoms with Crippen molar-refractivity contribution in [2.45, 2.75) is 13.8 Å². The fourth-order valence-corrected chi connectivity index (χ4v) is 3.07. The van der Waals surface area contributed by atoms with Crippen LogP contribution in [-0.4, -0.2) is 24.0 Å². The van der Waals surface area contributed by atoms with Gasteiger partial charge < -0.3 is 8.83 Å². The molecule has 0 saturated carbocycles. The molecule has 2 aromatic carbocycles. The summed E-state index contributed by atoms with van der Waals surface area (Å²) in [6.07, 6.45) is 3.02. The summed E-state index contributed by atoms with van der Waals surface area (Å²) >= 11 is 0. The van der Waals surface area contributed by atoms with Crippen molar-refractivity contribution in [2.75, 3.05) is 0 Å². The SMILES string of the molecule is CC(=O)c1ccc(-c2ccc(C=NN=Cc3ccc(-c4ccc(C(C)=O)cc4)o3)o2)cc1. The Balaban J connectivity index is 1.39. The molecule has 2 aromatic heterocycles. The number of ketones is 2. The summed E-state index contributed by atoms with van der Waals surface area (Å²) in [5, 5.41) is 8.01. The number of hydrogen-bond acceptors (Lipinski definition) is 6. The molecule has 0 aliphatic carbocycles. The van der Waals surface area contributed by atoms with E-state index in [0.29, 0.717) is 34.2 Å². The van der Waals surface area contributed by atoms with Crippen molar-refractivity contribution in [1.29, 1.82) is 0 Å². The van der Waals surface area contributed by atoms with Gasteiger partial charge >= 0.3 is 0 Å². The number of carbonyl (C=O) groups is 2. The molecule has 0 spiro atoms. The Labute approximate surface area is 184 Å². The summed E-state index contributed by atoms with van der Waals surface area (Å²) in [4.78, 5) is 22.8. The number of furan rings is 2. The molecular formula is C26H20N2O4. The number of Topliss-reactive ketones (excluding diaryl/α,β-unsaturated/α-hetero) is 2. The molecule has 0 atom stereocenters. The summed E-state index contributed by atoms with van der Waals surface area (Å²) in [7, 11) is 0. The van der Waals surface area contributed by atoms with Gasteiger partial charge in [-0.25, -0.2) is 0 Å². The first kappa shape index (κ1) is 20.9. The minimum Gasteiger partial charge on any atom is -0.455 e. The lowest BCUT2D eigenvalue weighted by Crippen LogP contribution is -1.90. The molecule has 0 bridgehead atoms. The molecule has 0 unspecified atom stereocenters. The molecule has 2 heterocycles. The quantitative estimate of drug-likeness (QED) is 0.205. The van der Waals surface area contributed by atoms with Crippen molar-refractivity contribution in [3.63, 3.8) is 0 Å². The maximum atomic E-state index is 11.4. The highest BCUT2D eigenvalue weighted by molar-refractivity contribution is 5.95. The third-order valence-corrected chi connectivity index (χ3v) is 4.84. The van der Waals surface area contributed by atoms with Crippen LogP contribution in [0.2, 0.25) is 0 Å². The van der Waals surface area contributed by atoms with Gasteiger partial charge in [0.25, 0.3) is 0 Å². The Morgan fingerprint density at radius 2 is 0.969 bits per heavy atom. The van der Waals surface area contributed by atoms with Crippen molar-refractivity contribution < 1.29 is 18.4 Å². The zero-order chi connectivity index (χ0) is 22.5. The normalized spacial score (nSPS) is 11.4. The van der Waals surface area contributed by atoms with Crippen molar-refractivity contribution in [1.82, 2.24) is 0 Å². The lowest BCUT2D eigenvalue weighted by Gasteiger charge is -1.98.